The lowest BCUT2D eigenvalue weighted by atomic mass is 10.0. The first-order valence-electron chi connectivity index (χ1n) is 12.4. The first kappa shape index (κ1) is 28.8. The fraction of sp³-hybridized carbons (Fsp3) is 0.680. The number of esters is 1. The van der Waals surface area contributed by atoms with Crippen molar-refractivity contribution < 1.29 is 42.1 Å². The van der Waals surface area contributed by atoms with Gasteiger partial charge in [0.15, 0.2) is 11.9 Å². The van der Waals surface area contributed by atoms with Crippen molar-refractivity contribution in [2.75, 3.05) is 19.8 Å². The summed E-state index contributed by atoms with van der Waals surface area (Å²) < 4.78 is 48.5. The minimum absolute atomic E-state index is 0.0638. The predicted octanol–water partition coefficient (Wildman–Crippen LogP) is 3.87. The summed E-state index contributed by atoms with van der Waals surface area (Å²) in [5.74, 6) is -0.917. The molecule has 5 atom stereocenters. The third-order valence-electron chi connectivity index (χ3n) is 6.21. The van der Waals surface area contributed by atoms with Gasteiger partial charge >= 0.3 is 13.6 Å². The Bertz CT molecular complexity index is 931. The highest BCUT2D eigenvalue weighted by atomic mass is 31.2. The second-order valence-corrected chi connectivity index (χ2v) is 11.3. The Morgan fingerprint density at radius 3 is 2.28 bits per heavy atom. The molecule has 0 N–H and O–H groups in total. The highest BCUT2D eigenvalue weighted by Gasteiger charge is 2.61. The van der Waals surface area contributed by atoms with Crippen LogP contribution in [0.4, 0.5) is 0 Å². The molecule has 0 aliphatic carbocycles. The summed E-state index contributed by atoms with van der Waals surface area (Å²) in [4.78, 5) is 27.3. The first-order valence-corrected chi connectivity index (χ1v) is 14.0. The average molecular weight is 528 g/mol. The third-order valence-corrected chi connectivity index (χ3v) is 8.63. The second-order valence-electron chi connectivity index (χ2n) is 9.13. The van der Waals surface area contributed by atoms with E-state index in [1.54, 1.807) is 39.5 Å². The van der Waals surface area contributed by atoms with Gasteiger partial charge in [-0.05, 0) is 40.2 Å². The van der Waals surface area contributed by atoms with Crippen molar-refractivity contribution >= 4 is 19.5 Å². The van der Waals surface area contributed by atoms with Gasteiger partial charge in [-0.15, -0.1) is 0 Å². The summed E-state index contributed by atoms with van der Waals surface area (Å²) in [6.07, 6.45) is -2.24. The molecular weight excluding hydrogens is 489 g/mol. The molecule has 0 saturated carbocycles. The number of carbonyl (C=O) groups is 2. The SMILES string of the molecule is CCOC(=O)C(C[C@H]1O[C@H](OCc2ccccc2)[C@@H]2OC(C)(C)N(C(C)=O)[C@@H]21)P(=O)(OCC)OCC. The van der Waals surface area contributed by atoms with Crippen molar-refractivity contribution in [3.63, 3.8) is 0 Å². The summed E-state index contributed by atoms with van der Waals surface area (Å²) in [7, 11) is -3.90. The molecule has 1 unspecified atom stereocenters. The van der Waals surface area contributed by atoms with Gasteiger partial charge in [-0.2, -0.15) is 0 Å². The Hall–Kier alpha value is -1.81. The number of hydrogen-bond donors (Lipinski definition) is 0. The van der Waals surface area contributed by atoms with E-state index in [4.69, 9.17) is 28.0 Å². The molecule has 2 heterocycles. The van der Waals surface area contributed by atoms with Crippen LogP contribution < -0.4 is 0 Å². The van der Waals surface area contributed by atoms with E-state index in [1.165, 1.54) is 6.92 Å². The maximum atomic E-state index is 13.7. The maximum Gasteiger partial charge on any atom is 0.344 e. The van der Waals surface area contributed by atoms with E-state index in [0.29, 0.717) is 0 Å². The van der Waals surface area contributed by atoms with Crippen molar-refractivity contribution in [2.24, 2.45) is 0 Å². The Balaban J connectivity index is 1.93. The van der Waals surface area contributed by atoms with Crippen LogP contribution in [-0.2, 0) is 48.8 Å². The van der Waals surface area contributed by atoms with Gasteiger partial charge in [0.25, 0.3) is 0 Å². The minimum atomic E-state index is -3.90. The summed E-state index contributed by atoms with van der Waals surface area (Å²) in [6, 6.07) is 9.03. The topological polar surface area (TPSA) is 110 Å². The molecule has 36 heavy (non-hydrogen) atoms. The molecule has 1 aromatic carbocycles. The molecule has 0 radical (unpaired) electrons. The zero-order valence-corrected chi connectivity index (χ0v) is 22.8. The Kier molecular flexibility index (Phi) is 9.71. The minimum Gasteiger partial charge on any atom is -0.465 e. The van der Waals surface area contributed by atoms with E-state index in [-0.39, 0.29) is 38.8 Å². The lowest BCUT2D eigenvalue weighted by Gasteiger charge is -2.36. The van der Waals surface area contributed by atoms with Crippen LogP contribution in [0, 0.1) is 0 Å². The molecule has 10 nitrogen and oxygen atoms in total. The second kappa shape index (κ2) is 12.2. The highest BCUT2D eigenvalue weighted by Crippen LogP contribution is 2.56. The smallest absolute Gasteiger partial charge is 0.344 e. The number of benzene rings is 1. The number of carbonyl (C=O) groups excluding carboxylic acids is 2. The lowest BCUT2D eigenvalue weighted by Crippen LogP contribution is -2.51. The molecule has 1 aromatic rings. The first-order chi connectivity index (χ1) is 17.1. The van der Waals surface area contributed by atoms with Crippen LogP contribution >= 0.6 is 7.60 Å². The fourth-order valence-electron chi connectivity index (χ4n) is 4.95. The van der Waals surface area contributed by atoms with Crippen LogP contribution in [0.2, 0.25) is 0 Å². The average Bonchev–Trinajstić information content (AvgIpc) is 3.28. The summed E-state index contributed by atoms with van der Waals surface area (Å²) in [5, 5.41) is 0. The lowest BCUT2D eigenvalue weighted by molar-refractivity contribution is -0.213. The van der Waals surface area contributed by atoms with Gasteiger partial charge in [0.05, 0.1) is 38.6 Å². The predicted molar refractivity (Wildman–Crippen MR) is 131 cm³/mol. The molecular formula is C25H38NO9P. The van der Waals surface area contributed by atoms with Gasteiger partial charge in [0.1, 0.15) is 11.8 Å². The molecule has 1 amide bonds. The Morgan fingerprint density at radius 2 is 1.72 bits per heavy atom. The van der Waals surface area contributed by atoms with Crippen LogP contribution in [-0.4, -0.2) is 72.5 Å². The van der Waals surface area contributed by atoms with Crippen LogP contribution in [0.5, 0.6) is 0 Å². The number of ether oxygens (including phenoxy) is 4. The summed E-state index contributed by atoms with van der Waals surface area (Å²) in [6.45, 7) is 10.6. The van der Waals surface area contributed by atoms with Gasteiger partial charge in [0.2, 0.25) is 5.91 Å². The van der Waals surface area contributed by atoms with Gasteiger partial charge in [0, 0.05) is 13.3 Å². The van der Waals surface area contributed by atoms with Crippen molar-refractivity contribution in [3.8, 4) is 0 Å². The standard InChI is InChI=1S/C25H38NO9P/c1-7-30-23(28)20(36(29,32-8-2)33-9-3)15-19-21-22(35-25(5,6)26(21)17(4)27)24(34-19)31-16-18-13-11-10-12-14-18/h10-14,19-22,24H,7-9,15-16H2,1-6H3/t19-,20?,21-,22-,24+/m1/s1. The molecule has 0 bridgehead atoms. The molecule has 0 aromatic heterocycles. The highest BCUT2D eigenvalue weighted by molar-refractivity contribution is 7.55. The van der Waals surface area contributed by atoms with Crippen LogP contribution in [0.25, 0.3) is 0 Å². The van der Waals surface area contributed by atoms with Gasteiger partial charge in [-0.3, -0.25) is 14.2 Å². The van der Waals surface area contributed by atoms with Crippen LogP contribution in [0.3, 0.4) is 0 Å². The van der Waals surface area contributed by atoms with Gasteiger partial charge in [-0.25, -0.2) is 0 Å². The molecule has 3 rings (SSSR count). The van der Waals surface area contributed by atoms with E-state index in [0.717, 1.165) is 5.56 Å². The molecule has 11 heteroatoms. The number of fused-ring (bicyclic) bond motifs is 1. The summed E-state index contributed by atoms with van der Waals surface area (Å²) in [5.41, 5.74) is -1.22. The van der Waals surface area contributed by atoms with Crippen LogP contribution in [0.1, 0.15) is 53.5 Å². The van der Waals surface area contributed by atoms with E-state index in [1.807, 2.05) is 30.3 Å². The molecule has 2 aliphatic rings. The van der Waals surface area contributed by atoms with Crippen molar-refractivity contribution in [3.05, 3.63) is 35.9 Å². The quantitative estimate of drug-likeness (QED) is 0.296. The van der Waals surface area contributed by atoms with E-state index >= 15 is 0 Å². The van der Waals surface area contributed by atoms with Crippen LogP contribution in [0.15, 0.2) is 30.3 Å². The zero-order chi connectivity index (χ0) is 26.5. The number of rotatable bonds is 12. The van der Waals surface area contributed by atoms with E-state index in [2.05, 4.69) is 0 Å². The normalized spacial score (nSPS) is 26.0. The number of nitrogens with zero attached hydrogens (tertiary/aromatic N) is 1. The third kappa shape index (κ3) is 6.18. The largest absolute Gasteiger partial charge is 0.465 e. The van der Waals surface area contributed by atoms with Crippen molar-refractivity contribution in [2.45, 2.75) is 90.5 Å². The summed E-state index contributed by atoms with van der Waals surface area (Å²) >= 11 is 0. The maximum absolute atomic E-state index is 13.7. The number of amides is 1. The zero-order valence-electron chi connectivity index (χ0n) is 21.9. The molecule has 2 saturated heterocycles. The van der Waals surface area contributed by atoms with Crippen molar-refractivity contribution in [1.82, 2.24) is 4.90 Å². The molecule has 0 spiro atoms. The van der Waals surface area contributed by atoms with Gasteiger partial charge < -0.3 is 32.9 Å². The monoisotopic (exact) mass is 527 g/mol. The van der Waals surface area contributed by atoms with Gasteiger partial charge in [-0.1, -0.05) is 30.3 Å². The molecule has 2 fully saturated rings. The number of hydrogen-bond acceptors (Lipinski definition) is 9. The molecule has 202 valence electrons. The Morgan fingerprint density at radius 1 is 1.08 bits per heavy atom. The van der Waals surface area contributed by atoms with E-state index < -0.39 is 49.5 Å². The fourth-order valence-corrected chi connectivity index (χ4v) is 6.90. The van der Waals surface area contributed by atoms with E-state index in [9.17, 15) is 14.2 Å². The van der Waals surface area contributed by atoms with Crippen molar-refractivity contribution in [1.29, 1.82) is 0 Å². The molecule has 2 aliphatic heterocycles. The Labute approximate surface area is 213 Å².